The summed E-state index contributed by atoms with van der Waals surface area (Å²) in [6.07, 6.45) is 0. The van der Waals surface area contributed by atoms with Crippen molar-refractivity contribution in [1.29, 1.82) is 0 Å². The number of ether oxygens (including phenoxy) is 2. The molecule has 2 nitrogen and oxygen atoms in total. The molecule has 100 valence electrons. The van der Waals surface area contributed by atoms with Crippen molar-refractivity contribution in [2.75, 3.05) is 13.2 Å². The molecule has 0 radical (unpaired) electrons. The first-order chi connectivity index (χ1) is 9.15. The standard InChI is InChI=1S/C14H11BrCl2O2/c15-10-2-1-3-12(8-10)18-6-7-19-14-9-11(16)4-5-13(14)17/h1-5,8-9H,6-7H2. The van der Waals surface area contributed by atoms with Gasteiger partial charge in [0.15, 0.2) is 0 Å². The van der Waals surface area contributed by atoms with Crippen molar-refractivity contribution in [1.82, 2.24) is 0 Å². The predicted octanol–water partition coefficient (Wildman–Crippen LogP) is 5.21. The van der Waals surface area contributed by atoms with E-state index in [-0.39, 0.29) is 0 Å². The van der Waals surface area contributed by atoms with Gasteiger partial charge in [0.05, 0.1) is 5.02 Å². The zero-order valence-electron chi connectivity index (χ0n) is 9.91. The number of rotatable bonds is 5. The Hall–Kier alpha value is -0.900. The van der Waals surface area contributed by atoms with Gasteiger partial charge in [-0.15, -0.1) is 0 Å². The van der Waals surface area contributed by atoms with E-state index in [4.69, 9.17) is 32.7 Å². The van der Waals surface area contributed by atoms with Crippen LogP contribution in [0.25, 0.3) is 0 Å². The van der Waals surface area contributed by atoms with Gasteiger partial charge in [-0.2, -0.15) is 0 Å². The Morgan fingerprint density at radius 1 is 0.947 bits per heavy atom. The summed E-state index contributed by atoms with van der Waals surface area (Å²) < 4.78 is 12.0. The normalized spacial score (nSPS) is 10.3. The largest absolute Gasteiger partial charge is 0.490 e. The third-order valence-corrected chi connectivity index (χ3v) is 3.34. The van der Waals surface area contributed by atoms with Gasteiger partial charge in [0.25, 0.3) is 0 Å². The summed E-state index contributed by atoms with van der Waals surface area (Å²) in [6, 6.07) is 12.7. The molecule has 5 heteroatoms. The topological polar surface area (TPSA) is 18.5 Å². The molecular weight excluding hydrogens is 351 g/mol. The fourth-order valence-electron chi connectivity index (χ4n) is 1.46. The molecule has 2 aromatic carbocycles. The van der Waals surface area contributed by atoms with Gasteiger partial charge in [0, 0.05) is 15.6 Å². The molecule has 0 spiro atoms. The first kappa shape index (κ1) is 14.5. The summed E-state index contributed by atoms with van der Waals surface area (Å²) >= 11 is 15.2. The molecule has 19 heavy (non-hydrogen) atoms. The van der Waals surface area contributed by atoms with Crippen molar-refractivity contribution >= 4 is 39.1 Å². The SMILES string of the molecule is Clc1ccc(Cl)c(OCCOc2cccc(Br)c2)c1. The average Bonchev–Trinajstić information content (AvgIpc) is 2.39. The summed E-state index contributed by atoms with van der Waals surface area (Å²) in [5.41, 5.74) is 0. The summed E-state index contributed by atoms with van der Waals surface area (Å²) in [7, 11) is 0. The van der Waals surface area contributed by atoms with Gasteiger partial charge in [-0.05, 0) is 30.3 Å². The van der Waals surface area contributed by atoms with Crippen LogP contribution >= 0.6 is 39.1 Å². The molecule has 2 aromatic rings. The van der Waals surface area contributed by atoms with Crippen LogP contribution in [0.5, 0.6) is 11.5 Å². The van der Waals surface area contributed by atoms with E-state index < -0.39 is 0 Å². The van der Waals surface area contributed by atoms with Crippen molar-refractivity contribution in [2.45, 2.75) is 0 Å². The lowest BCUT2D eigenvalue weighted by atomic mass is 10.3. The van der Waals surface area contributed by atoms with Crippen LogP contribution in [-0.4, -0.2) is 13.2 Å². The lowest BCUT2D eigenvalue weighted by Gasteiger charge is -2.10. The minimum atomic E-state index is 0.395. The average molecular weight is 362 g/mol. The first-order valence-corrected chi connectivity index (χ1v) is 7.16. The maximum Gasteiger partial charge on any atom is 0.139 e. The van der Waals surface area contributed by atoms with Crippen molar-refractivity contribution in [3.63, 3.8) is 0 Å². The second kappa shape index (κ2) is 7.04. The van der Waals surface area contributed by atoms with E-state index in [1.165, 1.54) is 0 Å². The Bertz CT molecular complexity index is 561. The molecule has 0 aliphatic carbocycles. The van der Waals surface area contributed by atoms with Crippen LogP contribution in [0.1, 0.15) is 0 Å². The molecule has 0 N–H and O–H groups in total. The smallest absolute Gasteiger partial charge is 0.139 e. The highest BCUT2D eigenvalue weighted by Gasteiger charge is 2.02. The Kier molecular flexibility index (Phi) is 5.37. The highest BCUT2D eigenvalue weighted by atomic mass is 79.9. The number of benzene rings is 2. The molecule has 2 rings (SSSR count). The van der Waals surface area contributed by atoms with E-state index in [1.807, 2.05) is 24.3 Å². The zero-order chi connectivity index (χ0) is 13.7. The molecule has 0 fully saturated rings. The van der Waals surface area contributed by atoms with Crippen LogP contribution in [0.4, 0.5) is 0 Å². The lowest BCUT2D eigenvalue weighted by molar-refractivity contribution is 0.217. The minimum absolute atomic E-state index is 0.395. The van der Waals surface area contributed by atoms with E-state index in [0.717, 1.165) is 10.2 Å². The van der Waals surface area contributed by atoms with Gasteiger partial charge in [0.2, 0.25) is 0 Å². The van der Waals surface area contributed by atoms with Gasteiger partial charge in [-0.3, -0.25) is 0 Å². The van der Waals surface area contributed by atoms with Gasteiger partial charge in [-0.25, -0.2) is 0 Å². The quantitative estimate of drug-likeness (QED) is 0.680. The maximum absolute atomic E-state index is 5.98. The maximum atomic E-state index is 5.98. The molecule has 0 aliphatic rings. The summed E-state index contributed by atoms with van der Waals surface area (Å²) in [5.74, 6) is 1.35. The lowest BCUT2D eigenvalue weighted by Crippen LogP contribution is -2.09. The van der Waals surface area contributed by atoms with Crippen molar-refractivity contribution in [3.8, 4) is 11.5 Å². The van der Waals surface area contributed by atoms with Crippen LogP contribution < -0.4 is 9.47 Å². The molecule has 0 atom stereocenters. The summed E-state index contributed by atoms with van der Waals surface area (Å²) in [6.45, 7) is 0.825. The highest BCUT2D eigenvalue weighted by Crippen LogP contribution is 2.27. The molecule has 0 saturated carbocycles. The van der Waals surface area contributed by atoms with E-state index in [1.54, 1.807) is 18.2 Å². The predicted molar refractivity (Wildman–Crippen MR) is 81.6 cm³/mol. The zero-order valence-corrected chi connectivity index (χ0v) is 13.0. The Morgan fingerprint density at radius 2 is 1.74 bits per heavy atom. The third kappa shape index (κ3) is 4.60. The Labute approximate surface area is 130 Å². The second-order valence-electron chi connectivity index (χ2n) is 3.73. The monoisotopic (exact) mass is 360 g/mol. The summed E-state index contributed by atoms with van der Waals surface area (Å²) in [4.78, 5) is 0. The fraction of sp³-hybridized carbons (Fsp3) is 0.143. The number of hydrogen-bond donors (Lipinski definition) is 0. The molecular formula is C14H11BrCl2O2. The van der Waals surface area contributed by atoms with E-state index in [2.05, 4.69) is 15.9 Å². The molecule has 0 bridgehead atoms. The van der Waals surface area contributed by atoms with Gasteiger partial charge in [-0.1, -0.05) is 45.2 Å². The van der Waals surface area contributed by atoms with Crippen molar-refractivity contribution in [2.24, 2.45) is 0 Å². The van der Waals surface area contributed by atoms with Crippen LogP contribution in [0.3, 0.4) is 0 Å². The van der Waals surface area contributed by atoms with Crippen molar-refractivity contribution < 1.29 is 9.47 Å². The van der Waals surface area contributed by atoms with E-state index >= 15 is 0 Å². The second-order valence-corrected chi connectivity index (χ2v) is 5.49. The number of halogens is 3. The van der Waals surface area contributed by atoms with Crippen LogP contribution in [0, 0.1) is 0 Å². The Balaban J connectivity index is 1.82. The molecule has 0 unspecified atom stereocenters. The fourth-order valence-corrected chi connectivity index (χ4v) is 2.17. The molecule has 0 aromatic heterocycles. The molecule has 0 heterocycles. The van der Waals surface area contributed by atoms with Crippen molar-refractivity contribution in [3.05, 3.63) is 57.0 Å². The van der Waals surface area contributed by atoms with Gasteiger partial charge < -0.3 is 9.47 Å². The van der Waals surface area contributed by atoms with E-state index in [9.17, 15) is 0 Å². The highest BCUT2D eigenvalue weighted by molar-refractivity contribution is 9.10. The first-order valence-electron chi connectivity index (χ1n) is 5.61. The van der Waals surface area contributed by atoms with Crippen LogP contribution in [-0.2, 0) is 0 Å². The molecule has 0 saturated heterocycles. The Morgan fingerprint density at radius 3 is 2.53 bits per heavy atom. The van der Waals surface area contributed by atoms with Crippen LogP contribution in [0.15, 0.2) is 46.9 Å². The summed E-state index contributed by atoms with van der Waals surface area (Å²) in [5, 5.41) is 1.12. The minimum Gasteiger partial charge on any atom is -0.490 e. The number of hydrogen-bond acceptors (Lipinski definition) is 2. The molecule has 0 amide bonds. The van der Waals surface area contributed by atoms with Gasteiger partial charge in [0.1, 0.15) is 24.7 Å². The van der Waals surface area contributed by atoms with Crippen LogP contribution in [0.2, 0.25) is 10.0 Å². The van der Waals surface area contributed by atoms with E-state index in [0.29, 0.717) is 29.0 Å². The third-order valence-electron chi connectivity index (χ3n) is 2.30. The molecule has 0 aliphatic heterocycles. The van der Waals surface area contributed by atoms with Gasteiger partial charge >= 0.3 is 0 Å².